The first-order valence-corrected chi connectivity index (χ1v) is 6.45. The maximum absolute atomic E-state index is 13.7. The Bertz CT molecular complexity index is 461. The van der Waals surface area contributed by atoms with E-state index in [4.69, 9.17) is 9.84 Å². The van der Waals surface area contributed by atoms with Crippen molar-refractivity contribution in [2.45, 2.75) is 44.3 Å². The minimum absolute atomic E-state index is 0.00375. The van der Waals surface area contributed by atoms with Gasteiger partial charge in [-0.1, -0.05) is 12.8 Å². The summed E-state index contributed by atoms with van der Waals surface area (Å²) in [5.74, 6) is -1.90. The summed E-state index contributed by atoms with van der Waals surface area (Å²) in [5, 5.41) is 18.7. The molecule has 0 amide bonds. The molecule has 5 heteroatoms. The maximum Gasteiger partial charge on any atom is 0.335 e. The van der Waals surface area contributed by atoms with Crippen molar-refractivity contribution in [3.05, 3.63) is 29.6 Å². The van der Waals surface area contributed by atoms with Crippen LogP contribution in [0.2, 0.25) is 0 Å². The van der Waals surface area contributed by atoms with Gasteiger partial charge >= 0.3 is 5.97 Å². The second kappa shape index (κ2) is 6.02. The van der Waals surface area contributed by atoms with E-state index in [0.717, 1.165) is 25.3 Å². The van der Waals surface area contributed by atoms with E-state index in [1.807, 2.05) is 0 Å². The Labute approximate surface area is 110 Å². The summed E-state index contributed by atoms with van der Waals surface area (Å²) in [6, 6.07) is 3.53. The quantitative estimate of drug-likeness (QED) is 0.827. The number of aliphatic hydroxyl groups excluding tert-OH is 1. The summed E-state index contributed by atoms with van der Waals surface area (Å²) in [6.45, 7) is 0. The monoisotopic (exact) mass is 268 g/mol. The van der Waals surface area contributed by atoms with E-state index in [2.05, 4.69) is 0 Å². The number of carboxylic acid groups (broad SMARTS) is 1. The van der Waals surface area contributed by atoms with Crippen LogP contribution in [0.15, 0.2) is 18.2 Å². The minimum Gasteiger partial charge on any atom is -0.485 e. The molecule has 0 spiro atoms. The van der Waals surface area contributed by atoms with Gasteiger partial charge in [-0.3, -0.25) is 0 Å². The zero-order valence-electron chi connectivity index (χ0n) is 10.5. The number of carbonyl (C=O) groups is 1. The second-order valence-corrected chi connectivity index (χ2v) is 4.81. The van der Waals surface area contributed by atoms with Gasteiger partial charge in [0.05, 0.1) is 11.7 Å². The fourth-order valence-corrected chi connectivity index (χ4v) is 2.28. The molecule has 4 nitrogen and oxygen atoms in total. The van der Waals surface area contributed by atoms with Crippen molar-refractivity contribution in [2.24, 2.45) is 0 Å². The molecule has 1 aromatic rings. The van der Waals surface area contributed by atoms with E-state index in [1.54, 1.807) is 0 Å². The van der Waals surface area contributed by atoms with E-state index < -0.39 is 24.0 Å². The molecule has 1 aromatic carbocycles. The molecule has 0 aliphatic heterocycles. The number of hydrogen-bond donors (Lipinski definition) is 2. The van der Waals surface area contributed by atoms with Gasteiger partial charge in [0.25, 0.3) is 0 Å². The predicted molar refractivity (Wildman–Crippen MR) is 66.9 cm³/mol. The molecule has 1 saturated carbocycles. The number of ether oxygens (including phenoxy) is 1. The number of halogens is 1. The highest BCUT2D eigenvalue weighted by Gasteiger charge is 2.24. The Morgan fingerprint density at radius 3 is 2.68 bits per heavy atom. The molecule has 2 N–H and O–H groups in total. The van der Waals surface area contributed by atoms with Crippen LogP contribution in [0, 0.1) is 5.82 Å². The van der Waals surface area contributed by atoms with Crippen LogP contribution in [-0.4, -0.2) is 28.4 Å². The standard InChI is InChI=1S/C14H17FO4/c15-10-8-9(14(17)18)6-7-12(10)19-13-5-3-1-2-4-11(13)16/h6-8,11,13,16H,1-5H2,(H,17,18). The number of aliphatic hydroxyl groups is 1. The molecule has 0 saturated heterocycles. The number of hydrogen-bond acceptors (Lipinski definition) is 3. The molecule has 2 rings (SSSR count). The largest absolute Gasteiger partial charge is 0.485 e. The fourth-order valence-electron chi connectivity index (χ4n) is 2.28. The second-order valence-electron chi connectivity index (χ2n) is 4.81. The average Bonchev–Trinajstić information content (AvgIpc) is 2.57. The topological polar surface area (TPSA) is 66.8 Å². The third-order valence-electron chi connectivity index (χ3n) is 3.37. The van der Waals surface area contributed by atoms with Crippen LogP contribution >= 0.6 is 0 Å². The van der Waals surface area contributed by atoms with E-state index in [9.17, 15) is 14.3 Å². The van der Waals surface area contributed by atoms with Crippen molar-refractivity contribution in [1.29, 1.82) is 0 Å². The third kappa shape index (κ3) is 3.44. The summed E-state index contributed by atoms with van der Waals surface area (Å²) in [7, 11) is 0. The lowest BCUT2D eigenvalue weighted by Crippen LogP contribution is -2.30. The highest BCUT2D eigenvalue weighted by atomic mass is 19.1. The zero-order valence-corrected chi connectivity index (χ0v) is 10.5. The van der Waals surface area contributed by atoms with Gasteiger partial charge in [-0.25, -0.2) is 9.18 Å². The van der Waals surface area contributed by atoms with E-state index >= 15 is 0 Å². The van der Waals surface area contributed by atoms with Crippen molar-refractivity contribution in [2.75, 3.05) is 0 Å². The van der Waals surface area contributed by atoms with Crippen LogP contribution in [0.1, 0.15) is 42.5 Å². The van der Waals surface area contributed by atoms with Crippen molar-refractivity contribution < 1.29 is 24.1 Å². The van der Waals surface area contributed by atoms with Gasteiger partial charge < -0.3 is 14.9 Å². The lowest BCUT2D eigenvalue weighted by Gasteiger charge is -2.22. The Hall–Kier alpha value is -1.62. The highest BCUT2D eigenvalue weighted by Crippen LogP contribution is 2.25. The lowest BCUT2D eigenvalue weighted by atomic mass is 10.1. The van der Waals surface area contributed by atoms with Gasteiger partial charge in [0.1, 0.15) is 6.10 Å². The first kappa shape index (κ1) is 13.8. The van der Waals surface area contributed by atoms with Crippen LogP contribution in [0.25, 0.3) is 0 Å². The normalized spacial score (nSPS) is 23.7. The van der Waals surface area contributed by atoms with Crippen LogP contribution in [0.4, 0.5) is 4.39 Å². The van der Waals surface area contributed by atoms with Crippen molar-refractivity contribution >= 4 is 5.97 Å². The summed E-state index contributed by atoms with van der Waals surface area (Å²) in [5.41, 5.74) is -0.119. The van der Waals surface area contributed by atoms with Crippen LogP contribution < -0.4 is 4.74 Å². The SMILES string of the molecule is O=C(O)c1ccc(OC2CCCCCC2O)c(F)c1. The molecule has 1 fully saturated rings. The first-order chi connectivity index (χ1) is 9.08. The molecule has 1 aliphatic rings. The van der Waals surface area contributed by atoms with E-state index in [-0.39, 0.29) is 11.3 Å². The summed E-state index contributed by atoms with van der Waals surface area (Å²) in [4.78, 5) is 10.7. The molecular formula is C14H17FO4. The summed E-state index contributed by atoms with van der Waals surface area (Å²) >= 11 is 0. The average molecular weight is 268 g/mol. The Morgan fingerprint density at radius 2 is 2.00 bits per heavy atom. The van der Waals surface area contributed by atoms with Crippen LogP contribution in [-0.2, 0) is 0 Å². The van der Waals surface area contributed by atoms with Crippen molar-refractivity contribution in [1.82, 2.24) is 0 Å². The van der Waals surface area contributed by atoms with Crippen LogP contribution in [0.5, 0.6) is 5.75 Å². The first-order valence-electron chi connectivity index (χ1n) is 6.45. The molecule has 2 atom stereocenters. The van der Waals surface area contributed by atoms with Gasteiger partial charge in [0.2, 0.25) is 0 Å². The molecule has 104 valence electrons. The fraction of sp³-hybridized carbons (Fsp3) is 0.500. The Balaban J connectivity index is 2.11. The summed E-state index contributed by atoms with van der Waals surface area (Å²) in [6.07, 6.45) is 3.24. The molecule has 1 aliphatic carbocycles. The van der Waals surface area contributed by atoms with Gasteiger partial charge in [-0.05, 0) is 37.5 Å². The molecule has 0 radical (unpaired) electrons. The molecule has 0 heterocycles. The maximum atomic E-state index is 13.7. The minimum atomic E-state index is -1.18. The highest BCUT2D eigenvalue weighted by molar-refractivity contribution is 5.87. The van der Waals surface area contributed by atoms with Crippen molar-refractivity contribution in [3.63, 3.8) is 0 Å². The predicted octanol–water partition coefficient (Wildman–Crippen LogP) is 2.60. The zero-order chi connectivity index (χ0) is 13.8. The van der Waals surface area contributed by atoms with Crippen LogP contribution in [0.3, 0.4) is 0 Å². The number of rotatable bonds is 3. The molecule has 19 heavy (non-hydrogen) atoms. The van der Waals surface area contributed by atoms with E-state index in [0.29, 0.717) is 12.8 Å². The van der Waals surface area contributed by atoms with Gasteiger partial charge in [0.15, 0.2) is 11.6 Å². The van der Waals surface area contributed by atoms with Crippen molar-refractivity contribution in [3.8, 4) is 5.75 Å². The molecular weight excluding hydrogens is 251 g/mol. The Morgan fingerprint density at radius 1 is 1.26 bits per heavy atom. The van der Waals surface area contributed by atoms with E-state index in [1.165, 1.54) is 12.1 Å². The number of carboxylic acids is 1. The van der Waals surface area contributed by atoms with Gasteiger partial charge in [0, 0.05) is 0 Å². The molecule has 0 bridgehead atoms. The van der Waals surface area contributed by atoms with Gasteiger partial charge in [-0.15, -0.1) is 0 Å². The number of aromatic carboxylic acids is 1. The lowest BCUT2D eigenvalue weighted by molar-refractivity contribution is 0.0297. The smallest absolute Gasteiger partial charge is 0.335 e. The molecule has 2 unspecified atom stereocenters. The molecule has 0 aromatic heterocycles. The number of benzene rings is 1. The Kier molecular flexibility index (Phi) is 4.37. The third-order valence-corrected chi connectivity index (χ3v) is 3.37. The summed E-state index contributed by atoms with van der Waals surface area (Å²) < 4.78 is 19.2. The van der Waals surface area contributed by atoms with Gasteiger partial charge in [-0.2, -0.15) is 0 Å².